The fourth-order valence-corrected chi connectivity index (χ4v) is 2.45. The van der Waals surface area contributed by atoms with Crippen molar-refractivity contribution in [1.82, 2.24) is 14.8 Å². The molecular weight excluding hydrogens is 286 g/mol. The van der Waals surface area contributed by atoms with Gasteiger partial charge in [0.2, 0.25) is 0 Å². The number of pyridine rings is 1. The molecule has 0 aliphatic rings. The third kappa shape index (κ3) is 2.67. The van der Waals surface area contributed by atoms with Gasteiger partial charge in [0.1, 0.15) is 6.54 Å². The van der Waals surface area contributed by atoms with Crippen LogP contribution in [0.3, 0.4) is 0 Å². The van der Waals surface area contributed by atoms with Gasteiger partial charge in [0.05, 0.1) is 17.1 Å². The Morgan fingerprint density at radius 3 is 2.81 bits per heavy atom. The van der Waals surface area contributed by atoms with E-state index in [1.807, 2.05) is 42.5 Å². The molecule has 104 valence electrons. The Balaban J connectivity index is 1.94. The molecule has 2 heterocycles. The summed E-state index contributed by atoms with van der Waals surface area (Å²) >= 11 is 6.18. The highest BCUT2D eigenvalue weighted by molar-refractivity contribution is 6.35. The van der Waals surface area contributed by atoms with Crippen LogP contribution in [0.5, 0.6) is 0 Å². The van der Waals surface area contributed by atoms with Crippen LogP contribution in [-0.4, -0.2) is 14.8 Å². The van der Waals surface area contributed by atoms with Crippen molar-refractivity contribution in [3.63, 3.8) is 0 Å². The summed E-state index contributed by atoms with van der Waals surface area (Å²) in [5, 5.41) is 17.4. The van der Waals surface area contributed by atoms with Gasteiger partial charge in [-0.1, -0.05) is 41.9 Å². The number of nitrogens with one attached hydrogen (secondary N) is 1. The van der Waals surface area contributed by atoms with E-state index in [-0.39, 0.29) is 6.54 Å². The van der Waals surface area contributed by atoms with Crippen LogP contribution in [0.25, 0.3) is 11.0 Å². The van der Waals surface area contributed by atoms with Gasteiger partial charge < -0.3 is 5.32 Å². The summed E-state index contributed by atoms with van der Waals surface area (Å²) in [6, 6.07) is 14.0. The maximum atomic E-state index is 8.81. The maximum Gasteiger partial charge on any atom is 0.162 e. The average Bonchev–Trinajstić information content (AvgIpc) is 2.84. The molecule has 0 bridgehead atoms. The van der Waals surface area contributed by atoms with Crippen LogP contribution in [0.1, 0.15) is 5.56 Å². The molecule has 21 heavy (non-hydrogen) atoms. The summed E-state index contributed by atoms with van der Waals surface area (Å²) in [4.78, 5) is 4.26. The molecule has 3 rings (SSSR count). The zero-order valence-electron chi connectivity index (χ0n) is 11.1. The number of anilines is 1. The van der Waals surface area contributed by atoms with E-state index in [1.54, 1.807) is 6.20 Å². The number of hydrogen-bond acceptors (Lipinski definition) is 4. The number of fused-ring (bicyclic) bond motifs is 1. The van der Waals surface area contributed by atoms with Gasteiger partial charge in [-0.15, -0.1) is 0 Å². The molecule has 6 heteroatoms. The summed E-state index contributed by atoms with van der Waals surface area (Å²) in [5.74, 6) is 0. The van der Waals surface area contributed by atoms with Crippen LogP contribution in [0.15, 0.2) is 42.6 Å². The molecule has 0 amide bonds. The van der Waals surface area contributed by atoms with Crippen LogP contribution >= 0.6 is 11.6 Å². The number of rotatable bonds is 4. The first-order chi connectivity index (χ1) is 10.3. The van der Waals surface area contributed by atoms with Gasteiger partial charge in [-0.05, 0) is 11.6 Å². The van der Waals surface area contributed by atoms with Gasteiger partial charge in [-0.25, -0.2) is 9.67 Å². The van der Waals surface area contributed by atoms with E-state index in [4.69, 9.17) is 16.9 Å². The van der Waals surface area contributed by atoms with Gasteiger partial charge in [-0.3, -0.25) is 0 Å². The van der Waals surface area contributed by atoms with Crippen LogP contribution in [-0.2, 0) is 13.1 Å². The van der Waals surface area contributed by atoms with Crippen LogP contribution in [0, 0.1) is 11.3 Å². The van der Waals surface area contributed by atoms with Crippen molar-refractivity contribution in [3.8, 4) is 6.07 Å². The van der Waals surface area contributed by atoms with E-state index >= 15 is 0 Å². The van der Waals surface area contributed by atoms with E-state index in [9.17, 15) is 0 Å². The van der Waals surface area contributed by atoms with Crippen LogP contribution in [0.2, 0.25) is 5.15 Å². The van der Waals surface area contributed by atoms with Crippen molar-refractivity contribution < 1.29 is 0 Å². The van der Waals surface area contributed by atoms with Crippen molar-refractivity contribution in [2.75, 3.05) is 5.32 Å². The molecule has 0 atom stereocenters. The van der Waals surface area contributed by atoms with E-state index in [0.29, 0.717) is 17.3 Å². The molecule has 0 aliphatic carbocycles. The fraction of sp³-hybridized carbons (Fsp3) is 0.133. The zero-order chi connectivity index (χ0) is 14.7. The average molecular weight is 298 g/mol. The molecule has 0 saturated heterocycles. The lowest BCUT2D eigenvalue weighted by molar-refractivity contribution is 0.728. The summed E-state index contributed by atoms with van der Waals surface area (Å²) in [5.41, 5.74) is 2.64. The van der Waals surface area contributed by atoms with Crippen molar-refractivity contribution in [1.29, 1.82) is 5.26 Å². The highest BCUT2D eigenvalue weighted by Gasteiger charge is 2.13. The Labute approximate surface area is 126 Å². The molecule has 2 aromatic heterocycles. The minimum atomic E-state index is 0.123. The second-order valence-corrected chi connectivity index (χ2v) is 4.86. The lowest BCUT2D eigenvalue weighted by Gasteiger charge is -2.07. The van der Waals surface area contributed by atoms with Crippen LogP contribution < -0.4 is 5.32 Å². The molecule has 1 aromatic carbocycles. The predicted molar refractivity (Wildman–Crippen MR) is 81.9 cm³/mol. The fourth-order valence-electron chi connectivity index (χ4n) is 2.17. The second kappa shape index (κ2) is 5.81. The molecule has 0 radical (unpaired) electrons. The summed E-state index contributed by atoms with van der Waals surface area (Å²) in [7, 11) is 0. The van der Waals surface area contributed by atoms with Gasteiger partial charge in [-0.2, -0.15) is 10.4 Å². The summed E-state index contributed by atoms with van der Waals surface area (Å²) in [6.45, 7) is 0.804. The largest absolute Gasteiger partial charge is 0.380 e. The van der Waals surface area contributed by atoms with E-state index < -0.39 is 0 Å². The molecule has 0 fully saturated rings. The van der Waals surface area contributed by atoms with Gasteiger partial charge in [0.15, 0.2) is 10.8 Å². The molecule has 0 aliphatic heterocycles. The third-order valence-electron chi connectivity index (χ3n) is 3.14. The maximum absolute atomic E-state index is 8.81. The number of aromatic nitrogens is 3. The summed E-state index contributed by atoms with van der Waals surface area (Å²) in [6.07, 6.45) is 1.68. The predicted octanol–water partition coefficient (Wildman–Crippen LogP) is 3.22. The monoisotopic (exact) mass is 297 g/mol. The molecule has 1 N–H and O–H groups in total. The van der Waals surface area contributed by atoms with E-state index in [0.717, 1.165) is 11.1 Å². The first-order valence-corrected chi connectivity index (χ1v) is 6.83. The number of nitrogens with zero attached hydrogens (tertiary/aromatic N) is 4. The Morgan fingerprint density at radius 2 is 2.05 bits per heavy atom. The highest BCUT2D eigenvalue weighted by Crippen LogP contribution is 2.28. The van der Waals surface area contributed by atoms with Gasteiger partial charge in [0.25, 0.3) is 0 Å². The van der Waals surface area contributed by atoms with Crippen molar-refractivity contribution >= 4 is 28.3 Å². The molecule has 0 unspecified atom stereocenters. The van der Waals surface area contributed by atoms with E-state index in [1.165, 1.54) is 10.2 Å². The summed E-state index contributed by atoms with van der Waals surface area (Å²) < 4.78 is 1.51. The lowest BCUT2D eigenvalue weighted by atomic mass is 10.2. The van der Waals surface area contributed by atoms with Crippen molar-refractivity contribution in [2.24, 2.45) is 0 Å². The third-order valence-corrected chi connectivity index (χ3v) is 3.40. The molecule has 5 nitrogen and oxygen atoms in total. The number of halogens is 1. The van der Waals surface area contributed by atoms with Crippen LogP contribution in [0.4, 0.5) is 5.69 Å². The Morgan fingerprint density at radius 1 is 1.24 bits per heavy atom. The highest BCUT2D eigenvalue weighted by atomic mass is 35.5. The Hall–Kier alpha value is -2.58. The van der Waals surface area contributed by atoms with Crippen molar-refractivity contribution in [2.45, 2.75) is 13.1 Å². The molecule has 0 saturated carbocycles. The molecular formula is C15H12ClN5. The van der Waals surface area contributed by atoms with Gasteiger partial charge >= 0.3 is 0 Å². The van der Waals surface area contributed by atoms with Gasteiger partial charge in [0, 0.05) is 12.7 Å². The van der Waals surface area contributed by atoms with Crippen molar-refractivity contribution in [3.05, 3.63) is 53.3 Å². The minimum Gasteiger partial charge on any atom is -0.380 e. The first kappa shape index (κ1) is 13.4. The molecule has 3 aromatic rings. The van der Waals surface area contributed by atoms with E-state index in [2.05, 4.69) is 15.4 Å². The number of nitriles is 1. The first-order valence-electron chi connectivity index (χ1n) is 6.45. The second-order valence-electron chi connectivity index (χ2n) is 4.50. The zero-order valence-corrected chi connectivity index (χ0v) is 11.9. The minimum absolute atomic E-state index is 0.123. The lowest BCUT2D eigenvalue weighted by Crippen LogP contribution is -2.01. The Kier molecular flexibility index (Phi) is 3.71. The SMILES string of the molecule is N#CCn1nc(Cl)c2c(NCc3ccccc3)ccnc21. The normalized spacial score (nSPS) is 10.5. The topological polar surface area (TPSA) is 66.5 Å². The molecule has 0 spiro atoms. The number of hydrogen-bond donors (Lipinski definition) is 1. The number of benzene rings is 1. The Bertz CT molecular complexity index is 804. The standard InChI is InChI=1S/C15H12ClN5/c16-14-13-12(19-10-11-4-2-1-3-5-11)6-8-18-15(13)21(20-14)9-7-17/h1-6,8H,9-10H2,(H,18,19). The quantitative estimate of drug-likeness (QED) is 0.803. The smallest absolute Gasteiger partial charge is 0.162 e.